The molecule has 0 spiro atoms. The molecule has 0 bridgehead atoms. The first-order valence-corrected chi connectivity index (χ1v) is 4.05. The molecule has 3 nitrogen and oxygen atoms in total. The van der Waals surface area contributed by atoms with E-state index in [-0.39, 0.29) is 27.2 Å². The number of rotatable bonds is 4. The van der Waals surface area contributed by atoms with E-state index in [9.17, 15) is 0 Å². The molecule has 0 unspecified atom stereocenters. The molecule has 0 saturated carbocycles. The van der Waals surface area contributed by atoms with Crippen molar-refractivity contribution in [1.29, 1.82) is 0 Å². The fraction of sp³-hybridized carbons (Fsp3) is 1.00. The van der Waals surface area contributed by atoms with E-state index >= 15 is 0 Å². The molecule has 0 aromatic carbocycles. The van der Waals surface area contributed by atoms with Crippen LogP contribution in [0.2, 0.25) is 0 Å². The summed E-state index contributed by atoms with van der Waals surface area (Å²) in [6.07, 6.45) is 4.08. The van der Waals surface area contributed by atoms with E-state index in [2.05, 4.69) is 13.8 Å². The summed E-state index contributed by atoms with van der Waals surface area (Å²) in [6, 6.07) is 0. The van der Waals surface area contributed by atoms with E-state index in [1.54, 1.807) is 0 Å². The number of aliphatic hydroxyl groups excluding tert-OH is 2. The summed E-state index contributed by atoms with van der Waals surface area (Å²) in [6.45, 7) is 4.79. The van der Waals surface area contributed by atoms with Gasteiger partial charge in [-0.25, -0.2) is 0 Å². The van der Waals surface area contributed by atoms with Crippen molar-refractivity contribution in [3.8, 4) is 0 Å². The van der Waals surface area contributed by atoms with E-state index in [1.807, 2.05) is 0 Å². The molecular weight excluding hydrogens is 192 g/mol. The Kier molecular flexibility index (Phi) is 57.2. The zero-order chi connectivity index (χ0) is 8.24. The Labute approximate surface area is 90.4 Å². The molecule has 0 aliphatic heterocycles. The molecular formula is C8H20O3Ti. The predicted octanol–water partition coefficient (Wildman–Crippen LogP) is 1.44. The third-order valence-corrected chi connectivity index (χ3v) is 1.02. The molecule has 0 atom stereocenters. The Morgan fingerprint density at radius 3 is 1.08 bits per heavy atom. The van der Waals surface area contributed by atoms with Gasteiger partial charge in [-0.3, -0.25) is 0 Å². The summed E-state index contributed by atoms with van der Waals surface area (Å²) in [5, 5.41) is 16.1. The summed E-state index contributed by atoms with van der Waals surface area (Å²) in [7, 11) is 0. The van der Waals surface area contributed by atoms with Crippen molar-refractivity contribution in [2.24, 2.45) is 0 Å². The van der Waals surface area contributed by atoms with E-state index in [0.29, 0.717) is 13.2 Å². The zero-order valence-electron chi connectivity index (χ0n) is 8.05. The summed E-state index contributed by atoms with van der Waals surface area (Å²) in [4.78, 5) is 0. The predicted molar refractivity (Wildman–Crippen MR) is 44.7 cm³/mol. The molecule has 0 heterocycles. The van der Waals surface area contributed by atoms with Gasteiger partial charge in [-0.15, -0.1) is 0 Å². The van der Waals surface area contributed by atoms with Gasteiger partial charge in [0.1, 0.15) is 0 Å². The van der Waals surface area contributed by atoms with Gasteiger partial charge in [0.15, 0.2) is 0 Å². The minimum atomic E-state index is 0. The largest absolute Gasteiger partial charge is 2.00 e. The third-order valence-electron chi connectivity index (χ3n) is 1.02. The van der Waals surface area contributed by atoms with Crippen molar-refractivity contribution < 1.29 is 37.4 Å². The van der Waals surface area contributed by atoms with Crippen LogP contribution in [0.4, 0.5) is 0 Å². The van der Waals surface area contributed by atoms with Crippen LogP contribution >= 0.6 is 0 Å². The summed E-state index contributed by atoms with van der Waals surface area (Å²) in [5.41, 5.74) is 0. The smallest absolute Gasteiger partial charge is 2.00 e. The second-order valence-corrected chi connectivity index (χ2v) is 2.15. The maximum absolute atomic E-state index is 8.07. The van der Waals surface area contributed by atoms with Crippen LogP contribution in [-0.4, -0.2) is 23.4 Å². The van der Waals surface area contributed by atoms with E-state index < -0.39 is 0 Å². The van der Waals surface area contributed by atoms with E-state index in [0.717, 1.165) is 25.7 Å². The molecule has 74 valence electrons. The summed E-state index contributed by atoms with van der Waals surface area (Å²) in [5.74, 6) is 0. The zero-order valence-corrected chi connectivity index (χ0v) is 9.61. The Balaban J connectivity index is -0.0000000457. The summed E-state index contributed by atoms with van der Waals surface area (Å²) < 4.78 is 0. The molecule has 12 heavy (non-hydrogen) atoms. The van der Waals surface area contributed by atoms with Crippen molar-refractivity contribution in [3.05, 3.63) is 0 Å². The minimum Gasteiger partial charge on any atom is -2.00 e. The normalized spacial score (nSPS) is 7.00. The molecule has 0 aliphatic rings. The first kappa shape index (κ1) is 22.9. The Morgan fingerprint density at radius 1 is 0.833 bits per heavy atom. The van der Waals surface area contributed by atoms with Crippen LogP contribution < -0.4 is 0 Å². The molecule has 0 aromatic rings. The first-order valence-electron chi connectivity index (χ1n) is 4.05. The van der Waals surface area contributed by atoms with Gasteiger partial charge in [0.05, 0.1) is 0 Å². The Bertz CT molecular complexity index is 35.3. The number of aliphatic hydroxyl groups is 2. The Morgan fingerprint density at radius 2 is 1.08 bits per heavy atom. The molecule has 4 heteroatoms. The van der Waals surface area contributed by atoms with Gasteiger partial charge in [-0.2, -0.15) is 0 Å². The molecule has 0 aromatic heterocycles. The number of unbranched alkanes of at least 4 members (excludes halogenated alkanes) is 2. The van der Waals surface area contributed by atoms with Gasteiger partial charge in [0.25, 0.3) is 0 Å². The van der Waals surface area contributed by atoms with E-state index in [4.69, 9.17) is 10.2 Å². The SMILES string of the molecule is CCCCO.CCCCO.[O-2].[Ti+2]. The van der Waals surface area contributed by atoms with Gasteiger partial charge in [-0.05, 0) is 12.8 Å². The molecule has 0 rings (SSSR count). The molecule has 2 N–H and O–H groups in total. The molecule has 0 aliphatic carbocycles. The van der Waals surface area contributed by atoms with Crippen molar-refractivity contribution in [2.75, 3.05) is 13.2 Å². The topological polar surface area (TPSA) is 69.0 Å². The van der Waals surface area contributed by atoms with Crippen molar-refractivity contribution in [3.63, 3.8) is 0 Å². The standard InChI is InChI=1S/2C4H10O.O.Ti/c2*1-2-3-4-5;;/h2*5H,2-4H2,1H3;;/q;;-2;+2. The van der Waals surface area contributed by atoms with Gasteiger partial charge in [0.2, 0.25) is 0 Å². The van der Waals surface area contributed by atoms with Crippen LogP contribution in [-0.2, 0) is 27.2 Å². The molecule has 0 amide bonds. The summed E-state index contributed by atoms with van der Waals surface area (Å²) >= 11 is 0. The molecule has 0 fully saturated rings. The second kappa shape index (κ2) is 29.9. The fourth-order valence-corrected chi connectivity index (χ4v) is 0.316. The second-order valence-electron chi connectivity index (χ2n) is 2.15. The maximum atomic E-state index is 8.07. The van der Waals surface area contributed by atoms with E-state index in [1.165, 1.54) is 0 Å². The third kappa shape index (κ3) is 46.2. The average Bonchev–Trinajstić information content (AvgIpc) is 1.93. The quantitative estimate of drug-likeness (QED) is 0.692. The first-order chi connectivity index (χ1) is 4.83. The van der Waals surface area contributed by atoms with Crippen LogP contribution in [0.1, 0.15) is 39.5 Å². The minimum absolute atomic E-state index is 0. The van der Waals surface area contributed by atoms with Crippen LogP contribution in [0.3, 0.4) is 0 Å². The monoisotopic (exact) mass is 212 g/mol. The fourth-order valence-electron chi connectivity index (χ4n) is 0.316. The average molecular weight is 212 g/mol. The maximum Gasteiger partial charge on any atom is 2.00 e. The van der Waals surface area contributed by atoms with Gasteiger partial charge >= 0.3 is 21.7 Å². The van der Waals surface area contributed by atoms with Crippen molar-refractivity contribution in [1.82, 2.24) is 0 Å². The van der Waals surface area contributed by atoms with Gasteiger partial charge in [-0.1, -0.05) is 26.7 Å². The van der Waals surface area contributed by atoms with Crippen LogP contribution in [0, 0.1) is 0 Å². The van der Waals surface area contributed by atoms with Crippen LogP contribution in [0.5, 0.6) is 0 Å². The molecule has 0 saturated heterocycles. The van der Waals surface area contributed by atoms with Crippen molar-refractivity contribution in [2.45, 2.75) is 39.5 Å². The Hall–Kier alpha value is 0.594. The number of hydrogen-bond acceptors (Lipinski definition) is 2. The van der Waals surface area contributed by atoms with Crippen LogP contribution in [0.15, 0.2) is 0 Å². The molecule has 0 radical (unpaired) electrons. The van der Waals surface area contributed by atoms with Gasteiger partial charge in [0, 0.05) is 13.2 Å². The van der Waals surface area contributed by atoms with Crippen molar-refractivity contribution >= 4 is 0 Å². The van der Waals surface area contributed by atoms with Crippen LogP contribution in [0.25, 0.3) is 0 Å². The number of hydrogen-bond donors (Lipinski definition) is 2. The van der Waals surface area contributed by atoms with Gasteiger partial charge < -0.3 is 15.7 Å².